The number of hydrogen-bond acceptors (Lipinski definition) is 6. The summed E-state index contributed by atoms with van der Waals surface area (Å²) in [7, 11) is 0. The molecule has 0 aliphatic carbocycles. The van der Waals surface area contributed by atoms with E-state index in [2.05, 4.69) is 51.2 Å². The Bertz CT molecular complexity index is 1110. The number of aliphatic hydroxyl groups is 2. The second-order valence-electron chi connectivity index (χ2n) is 9.66. The fourth-order valence-electron chi connectivity index (χ4n) is 4.77. The number of Topliss-reactive ketones (excluding diaryl/α,β-unsaturated/α-hetero) is 1. The molecule has 0 spiro atoms. The molecule has 2 aliphatic heterocycles. The molecule has 2 aromatic rings. The highest BCUT2D eigenvalue weighted by molar-refractivity contribution is 5.89. The average molecular weight is 505 g/mol. The molecule has 8 nitrogen and oxygen atoms in total. The SMILES string of the molecule is C[C@@H](O)[C@H](NC(=O)N1CCN(c2ccc(C#Cc3ccc(N4CCCCC4)cc3)cc2)CC1)C(=O)CO. The van der Waals surface area contributed by atoms with Gasteiger partial charge in [0, 0.05) is 61.8 Å². The first-order valence-corrected chi connectivity index (χ1v) is 13.0. The number of benzene rings is 2. The monoisotopic (exact) mass is 504 g/mol. The minimum absolute atomic E-state index is 0.415. The Balaban J connectivity index is 1.28. The van der Waals surface area contributed by atoms with Crippen LogP contribution in [0.1, 0.15) is 37.3 Å². The lowest BCUT2D eigenvalue weighted by Crippen LogP contribution is -2.57. The van der Waals surface area contributed by atoms with Crippen molar-refractivity contribution in [3.8, 4) is 11.8 Å². The van der Waals surface area contributed by atoms with Gasteiger partial charge in [0.1, 0.15) is 12.6 Å². The molecule has 2 aromatic carbocycles. The number of nitrogens with one attached hydrogen (secondary N) is 1. The van der Waals surface area contributed by atoms with E-state index < -0.39 is 30.6 Å². The van der Waals surface area contributed by atoms with Crippen molar-refractivity contribution in [1.29, 1.82) is 0 Å². The van der Waals surface area contributed by atoms with Gasteiger partial charge in [-0.05, 0) is 74.7 Å². The summed E-state index contributed by atoms with van der Waals surface area (Å²) in [4.78, 5) is 30.6. The summed E-state index contributed by atoms with van der Waals surface area (Å²) in [5.41, 5.74) is 4.28. The summed E-state index contributed by atoms with van der Waals surface area (Å²) in [5, 5.41) is 21.4. The number of ketones is 1. The quantitative estimate of drug-likeness (QED) is 0.522. The van der Waals surface area contributed by atoms with Crippen LogP contribution in [0.3, 0.4) is 0 Å². The first-order valence-electron chi connectivity index (χ1n) is 13.0. The third-order valence-corrected chi connectivity index (χ3v) is 7.00. The molecule has 0 saturated carbocycles. The molecule has 8 heteroatoms. The van der Waals surface area contributed by atoms with Crippen LogP contribution >= 0.6 is 0 Å². The van der Waals surface area contributed by atoms with E-state index in [0.29, 0.717) is 26.2 Å². The van der Waals surface area contributed by atoms with Crippen molar-refractivity contribution in [2.75, 3.05) is 55.7 Å². The standard InChI is InChI=1S/C29H36N4O4/c1-22(35)28(27(36)21-34)30-29(37)33-19-17-32(18-20-33)26-13-9-24(10-14-26)6-5-23-7-11-25(12-8-23)31-15-3-2-4-16-31/h7-14,22,28,34-35H,2-4,15-21H2,1H3,(H,30,37)/t22-,28+/m1/s1. The molecule has 0 unspecified atom stereocenters. The van der Waals surface area contributed by atoms with Crippen LogP contribution in [-0.4, -0.2) is 84.9 Å². The molecule has 2 amide bonds. The smallest absolute Gasteiger partial charge is 0.318 e. The van der Waals surface area contributed by atoms with E-state index in [-0.39, 0.29) is 0 Å². The summed E-state index contributed by atoms with van der Waals surface area (Å²) < 4.78 is 0. The van der Waals surface area contributed by atoms with Gasteiger partial charge in [-0.1, -0.05) is 11.8 Å². The molecule has 196 valence electrons. The maximum atomic E-state index is 12.5. The van der Waals surface area contributed by atoms with Crippen LogP contribution in [-0.2, 0) is 4.79 Å². The number of rotatable bonds is 6. The van der Waals surface area contributed by atoms with E-state index >= 15 is 0 Å². The Morgan fingerprint density at radius 3 is 1.76 bits per heavy atom. The zero-order valence-corrected chi connectivity index (χ0v) is 21.4. The van der Waals surface area contributed by atoms with Crippen molar-refractivity contribution in [2.45, 2.75) is 38.3 Å². The van der Waals surface area contributed by atoms with Gasteiger partial charge in [0.2, 0.25) is 0 Å². The first-order chi connectivity index (χ1) is 17.9. The van der Waals surface area contributed by atoms with E-state index in [0.717, 1.165) is 29.9 Å². The van der Waals surface area contributed by atoms with Crippen LogP contribution in [0.5, 0.6) is 0 Å². The van der Waals surface area contributed by atoms with E-state index in [1.807, 2.05) is 24.3 Å². The van der Waals surface area contributed by atoms with E-state index in [4.69, 9.17) is 5.11 Å². The van der Waals surface area contributed by atoms with E-state index in [1.165, 1.54) is 31.9 Å². The lowest BCUT2D eigenvalue weighted by molar-refractivity contribution is -0.125. The third-order valence-electron chi connectivity index (χ3n) is 7.00. The van der Waals surface area contributed by atoms with Crippen molar-refractivity contribution in [3.05, 3.63) is 59.7 Å². The molecule has 3 N–H and O–H groups in total. The summed E-state index contributed by atoms with van der Waals surface area (Å²) in [6.07, 6.45) is 2.78. The summed E-state index contributed by atoms with van der Waals surface area (Å²) in [6.45, 7) is 5.22. The highest BCUT2D eigenvalue weighted by Gasteiger charge is 2.28. The second-order valence-corrected chi connectivity index (χ2v) is 9.66. The van der Waals surface area contributed by atoms with Crippen LogP contribution in [0.15, 0.2) is 48.5 Å². The fourth-order valence-corrected chi connectivity index (χ4v) is 4.77. The van der Waals surface area contributed by atoms with Gasteiger partial charge in [-0.3, -0.25) is 4.79 Å². The topological polar surface area (TPSA) is 96.4 Å². The van der Waals surface area contributed by atoms with Gasteiger partial charge < -0.3 is 30.2 Å². The van der Waals surface area contributed by atoms with E-state index in [9.17, 15) is 14.7 Å². The number of carbonyl (C=O) groups excluding carboxylic acids is 2. The summed E-state index contributed by atoms with van der Waals surface area (Å²) >= 11 is 0. The highest BCUT2D eigenvalue weighted by Crippen LogP contribution is 2.20. The molecule has 2 atom stereocenters. The van der Waals surface area contributed by atoms with Gasteiger partial charge in [0.05, 0.1) is 6.10 Å². The lowest BCUT2D eigenvalue weighted by Gasteiger charge is -2.36. The normalized spacial score (nSPS) is 17.4. The van der Waals surface area contributed by atoms with Crippen molar-refractivity contribution < 1.29 is 19.8 Å². The molecular weight excluding hydrogens is 468 g/mol. The molecule has 37 heavy (non-hydrogen) atoms. The second kappa shape index (κ2) is 12.6. The maximum Gasteiger partial charge on any atom is 0.318 e. The molecule has 2 aliphatic rings. The van der Waals surface area contributed by atoms with Crippen LogP contribution in [0, 0.1) is 11.8 Å². The molecule has 2 heterocycles. The van der Waals surface area contributed by atoms with Crippen LogP contribution in [0.25, 0.3) is 0 Å². The Morgan fingerprint density at radius 2 is 1.30 bits per heavy atom. The fraction of sp³-hybridized carbons (Fsp3) is 0.448. The van der Waals surface area contributed by atoms with Crippen molar-refractivity contribution in [2.24, 2.45) is 0 Å². The third kappa shape index (κ3) is 7.03. The zero-order chi connectivity index (χ0) is 26.2. The first kappa shape index (κ1) is 26.5. The average Bonchev–Trinajstić information content (AvgIpc) is 2.95. The molecule has 4 rings (SSSR count). The zero-order valence-electron chi connectivity index (χ0n) is 21.4. The number of piperidine rings is 1. The molecule has 0 radical (unpaired) electrons. The molecule has 2 saturated heterocycles. The van der Waals surface area contributed by atoms with Crippen LogP contribution < -0.4 is 15.1 Å². The predicted molar refractivity (Wildman–Crippen MR) is 145 cm³/mol. The number of aliphatic hydroxyl groups excluding tert-OH is 2. The van der Waals surface area contributed by atoms with E-state index in [1.54, 1.807) is 4.90 Å². The van der Waals surface area contributed by atoms with Crippen molar-refractivity contribution in [1.82, 2.24) is 10.2 Å². The molecule has 2 fully saturated rings. The highest BCUT2D eigenvalue weighted by atomic mass is 16.3. The summed E-state index contributed by atoms with van der Waals surface area (Å²) in [6, 6.07) is 15.1. The van der Waals surface area contributed by atoms with Gasteiger partial charge in [0.15, 0.2) is 5.78 Å². The van der Waals surface area contributed by atoms with Gasteiger partial charge in [0.25, 0.3) is 0 Å². The Labute approximate surface area is 218 Å². The number of hydrogen-bond donors (Lipinski definition) is 3. The molecule has 0 aromatic heterocycles. The number of urea groups is 1. The Hall–Kier alpha value is -3.54. The minimum Gasteiger partial charge on any atom is -0.391 e. The van der Waals surface area contributed by atoms with Crippen molar-refractivity contribution >= 4 is 23.2 Å². The Morgan fingerprint density at radius 1 is 0.811 bits per heavy atom. The van der Waals surface area contributed by atoms with Crippen LogP contribution in [0.2, 0.25) is 0 Å². The summed E-state index contributed by atoms with van der Waals surface area (Å²) in [5.74, 6) is 5.89. The lowest BCUT2D eigenvalue weighted by atomic mass is 10.1. The number of nitrogens with zero attached hydrogens (tertiary/aromatic N) is 3. The van der Waals surface area contributed by atoms with Crippen molar-refractivity contribution in [3.63, 3.8) is 0 Å². The minimum atomic E-state index is -1.11. The molecule has 0 bridgehead atoms. The van der Waals surface area contributed by atoms with Gasteiger partial charge in [-0.15, -0.1) is 0 Å². The predicted octanol–water partition coefficient (Wildman–Crippen LogP) is 2.22. The Kier molecular flexibility index (Phi) is 9.04. The molecular formula is C29H36N4O4. The number of piperazine rings is 1. The van der Waals surface area contributed by atoms with Crippen LogP contribution in [0.4, 0.5) is 16.2 Å². The van der Waals surface area contributed by atoms with Gasteiger partial charge in [-0.2, -0.15) is 0 Å². The van der Waals surface area contributed by atoms with Gasteiger partial charge >= 0.3 is 6.03 Å². The number of amides is 2. The van der Waals surface area contributed by atoms with Gasteiger partial charge in [-0.25, -0.2) is 4.79 Å². The number of carbonyl (C=O) groups is 2. The largest absolute Gasteiger partial charge is 0.391 e. The maximum absolute atomic E-state index is 12.5. The number of anilines is 2.